The summed E-state index contributed by atoms with van der Waals surface area (Å²) in [5.74, 6) is -0.371. The molecule has 1 heterocycles. The van der Waals surface area contributed by atoms with Crippen molar-refractivity contribution in [3.8, 4) is 0 Å². The third kappa shape index (κ3) is 4.54. The first-order chi connectivity index (χ1) is 12.7. The van der Waals surface area contributed by atoms with E-state index in [4.69, 9.17) is 0 Å². The maximum atomic E-state index is 11.9. The van der Waals surface area contributed by atoms with Gasteiger partial charge in [-0.1, -0.05) is 42.5 Å². The van der Waals surface area contributed by atoms with Gasteiger partial charge in [0.25, 0.3) is 5.91 Å². The van der Waals surface area contributed by atoms with Crippen molar-refractivity contribution in [2.45, 2.75) is 0 Å². The lowest BCUT2D eigenvalue weighted by Gasteiger charge is -2.05. The molecule has 0 saturated carbocycles. The van der Waals surface area contributed by atoms with E-state index in [2.05, 4.69) is 15.6 Å². The summed E-state index contributed by atoms with van der Waals surface area (Å²) in [6.45, 7) is 0.721. The first kappa shape index (κ1) is 17.4. The highest BCUT2D eigenvalue weighted by Crippen LogP contribution is 2.16. The van der Waals surface area contributed by atoms with Gasteiger partial charge < -0.3 is 10.6 Å². The Morgan fingerprint density at radius 1 is 0.885 bits per heavy atom. The Morgan fingerprint density at radius 3 is 2.50 bits per heavy atom. The second-order valence-corrected chi connectivity index (χ2v) is 5.67. The molecule has 5 heteroatoms. The number of hydrogen-bond acceptors (Lipinski definition) is 3. The normalized spacial score (nSPS) is 10.8. The molecule has 5 nitrogen and oxygen atoms in total. The maximum Gasteiger partial charge on any atom is 0.251 e. The number of benzene rings is 2. The lowest BCUT2D eigenvalue weighted by molar-refractivity contribution is -0.116. The van der Waals surface area contributed by atoms with Crippen LogP contribution in [0.1, 0.15) is 15.9 Å². The summed E-state index contributed by atoms with van der Waals surface area (Å²) in [6.07, 6.45) is 4.95. The summed E-state index contributed by atoms with van der Waals surface area (Å²) in [7, 11) is 0. The van der Waals surface area contributed by atoms with Crippen molar-refractivity contribution in [3.05, 3.63) is 84.1 Å². The van der Waals surface area contributed by atoms with E-state index in [0.717, 1.165) is 16.5 Å². The van der Waals surface area contributed by atoms with E-state index in [1.54, 1.807) is 24.4 Å². The predicted molar refractivity (Wildman–Crippen MR) is 103 cm³/mol. The summed E-state index contributed by atoms with van der Waals surface area (Å²) in [6, 6.07) is 18.7. The molecule has 0 aliphatic heterocycles. The average molecular weight is 345 g/mol. The van der Waals surface area contributed by atoms with Crippen molar-refractivity contribution < 1.29 is 9.59 Å². The van der Waals surface area contributed by atoms with Crippen LogP contribution >= 0.6 is 0 Å². The third-order valence-electron chi connectivity index (χ3n) is 3.82. The van der Waals surface area contributed by atoms with Crippen molar-refractivity contribution in [2.75, 3.05) is 13.1 Å². The van der Waals surface area contributed by atoms with Gasteiger partial charge in [-0.25, -0.2) is 0 Å². The molecular weight excluding hydrogens is 326 g/mol. The Hall–Kier alpha value is -3.47. The van der Waals surface area contributed by atoms with Crippen LogP contribution in [0.2, 0.25) is 0 Å². The number of nitrogens with one attached hydrogen (secondary N) is 2. The fourth-order valence-corrected chi connectivity index (χ4v) is 2.54. The molecule has 2 N–H and O–H groups in total. The molecule has 0 radical (unpaired) electrons. The van der Waals surface area contributed by atoms with Gasteiger partial charge in [-0.3, -0.25) is 14.6 Å². The van der Waals surface area contributed by atoms with Gasteiger partial charge in [0.1, 0.15) is 0 Å². The molecule has 2 amide bonds. The second-order valence-electron chi connectivity index (χ2n) is 5.67. The number of carbonyl (C=O) groups is 2. The fraction of sp³-hybridized carbons (Fsp3) is 0.0952. The van der Waals surface area contributed by atoms with Crippen molar-refractivity contribution in [3.63, 3.8) is 0 Å². The van der Waals surface area contributed by atoms with Gasteiger partial charge >= 0.3 is 0 Å². The first-order valence-corrected chi connectivity index (χ1v) is 8.37. The first-order valence-electron chi connectivity index (χ1n) is 8.37. The summed E-state index contributed by atoms with van der Waals surface area (Å²) in [5, 5.41) is 6.54. The molecule has 0 atom stereocenters. The van der Waals surface area contributed by atoms with Gasteiger partial charge in [0.2, 0.25) is 5.91 Å². The number of para-hydroxylation sites is 1. The van der Waals surface area contributed by atoms with Crippen LogP contribution < -0.4 is 10.6 Å². The summed E-state index contributed by atoms with van der Waals surface area (Å²) >= 11 is 0. The molecule has 0 bridgehead atoms. The molecule has 2 aromatic carbocycles. The monoisotopic (exact) mass is 345 g/mol. The van der Waals surface area contributed by atoms with Crippen LogP contribution in [-0.2, 0) is 4.79 Å². The van der Waals surface area contributed by atoms with Gasteiger partial charge in [0.15, 0.2) is 0 Å². The highest BCUT2D eigenvalue weighted by atomic mass is 16.2. The van der Waals surface area contributed by atoms with Crippen LogP contribution in [0, 0.1) is 0 Å². The molecule has 0 fully saturated rings. The second kappa shape index (κ2) is 8.58. The Bertz CT molecular complexity index is 931. The van der Waals surface area contributed by atoms with Crippen LogP contribution in [0.15, 0.2) is 72.9 Å². The van der Waals surface area contributed by atoms with E-state index >= 15 is 0 Å². The van der Waals surface area contributed by atoms with E-state index in [0.29, 0.717) is 18.7 Å². The predicted octanol–water partition coefficient (Wildman–Crippen LogP) is 2.79. The number of amides is 2. The fourth-order valence-electron chi connectivity index (χ4n) is 2.54. The van der Waals surface area contributed by atoms with Crippen LogP contribution in [0.5, 0.6) is 0 Å². The molecule has 1 aromatic heterocycles. The van der Waals surface area contributed by atoms with E-state index in [-0.39, 0.29) is 11.8 Å². The van der Waals surface area contributed by atoms with Crippen LogP contribution in [0.4, 0.5) is 0 Å². The number of rotatable bonds is 6. The van der Waals surface area contributed by atoms with Gasteiger partial charge in [-0.15, -0.1) is 0 Å². The minimum Gasteiger partial charge on any atom is -0.351 e. The van der Waals surface area contributed by atoms with Crippen molar-refractivity contribution in [2.24, 2.45) is 0 Å². The number of aromatic nitrogens is 1. The van der Waals surface area contributed by atoms with Gasteiger partial charge in [0.05, 0.1) is 5.52 Å². The lowest BCUT2D eigenvalue weighted by atomic mass is 10.1. The quantitative estimate of drug-likeness (QED) is 0.533. The standard InChI is InChI=1S/C21H19N3O2/c25-19(22-14-15-24-21(26)18-6-2-1-3-7-18)12-11-17-9-4-8-16-10-5-13-23-20(16)17/h1-13H,14-15H2,(H,22,25)(H,24,26)/b12-11+. The summed E-state index contributed by atoms with van der Waals surface area (Å²) in [4.78, 5) is 28.2. The summed E-state index contributed by atoms with van der Waals surface area (Å²) in [5.41, 5.74) is 2.34. The van der Waals surface area contributed by atoms with Crippen LogP contribution in [-0.4, -0.2) is 29.9 Å². The third-order valence-corrected chi connectivity index (χ3v) is 3.82. The Balaban J connectivity index is 1.48. The molecule has 3 aromatic rings. The van der Waals surface area contributed by atoms with E-state index in [1.165, 1.54) is 6.08 Å². The maximum absolute atomic E-state index is 11.9. The SMILES string of the molecule is O=C(/C=C/c1cccc2cccnc12)NCCNC(=O)c1ccccc1. The zero-order valence-corrected chi connectivity index (χ0v) is 14.2. The average Bonchev–Trinajstić information content (AvgIpc) is 2.70. The smallest absolute Gasteiger partial charge is 0.251 e. The molecule has 130 valence electrons. The van der Waals surface area contributed by atoms with Crippen LogP contribution in [0.25, 0.3) is 17.0 Å². The number of fused-ring (bicyclic) bond motifs is 1. The van der Waals surface area contributed by atoms with Crippen molar-refractivity contribution >= 4 is 28.8 Å². The van der Waals surface area contributed by atoms with Crippen LogP contribution in [0.3, 0.4) is 0 Å². The number of nitrogens with zero attached hydrogens (tertiary/aromatic N) is 1. The Kier molecular flexibility index (Phi) is 5.72. The topological polar surface area (TPSA) is 71.1 Å². The molecule has 26 heavy (non-hydrogen) atoms. The van der Waals surface area contributed by atoms with E-state index in [1.807, 2.05) is 48.5 Å². The molecule has 0 spiro atoms. The molecule has 0 saturated heterocycles. The van der Waals surface area contributed by atoms with E-state index in [9.17, 15) is 9.59 Å². The molecule has 0 unspecified atom stereocenters. The lowest BCUT2D eigenvalue weighted by Crippen LogP contribution is -2.33. The number of hydrogen-bond donors (Lipinski definition) is 2. The van der Waals surface area contributed by atoms with Crippen molar-refractivity contribution in [1.82, 2.24) is 15.6 Å². The molecule has 0 aliphatic rings. The van der Waals surface area contributed by atoms with E-state index < -0.39 is 0 Å². The molecular formula is C21H19N3O2. The minimum absolute atomic E-state index is 0.155. The Morgan fingerprint density at radius 2 is 1.65 bits per heavy atom. The zero-order valence-electron chi connectivity index (χ0n) is 14.2. The Labute approximate surface area is 151 Å². The largest absolute Gasteiger partial charge is 0.351 e. The molecule has 0 aliphatic carbocycles. The number of carbonyl (C=O) groups excluding carboxylic acids is 2. The van der Waals surface area contributed by atoms with Gasteiger partial charge in [0, 0.05) is 41.9 Å². The van der Waals surface area contributed by atoms with Gasteiger partial charge in [-0.2, -0.15) is 0 Å². The minimum atomic E-state index is -0.216. The van der Waals surface area contributed by atoms with Gasteiger partial charge in [-0.05, 0) is 24.3 Å². The summed E-state index contributed by atoms with van der Waals surface area (Å²) < 4.78 is 0. The van der Waals surface area contributed by atoms with Crippen molar-refractivity contribution in [1.29, 1.82) is 0 Å². The number of pyridine rings is 1. The highest BCUT2D eigenvalue weighted by Gasteiger charge is 2.03. The molecule has 3 rings (SSSR count). The highest BCUT2D eigenvalue weighted by molar-refractivity contribution is 5.96. The zero-order chi connectivity index (χ0) is 18.2.